The van der Waals surface area contributed by atoms with Crippen LogP contribution in [0.2, 0.25) is 0 Å². The number of ketones is 1. The van der Waals surface area contributed by atoms with Crippen molar-refractivity contribution in [3.63, 3.8) is 0 Å². The average molecular weight is 282 g/mol. The van der Waals surface area contributed by atoms with Gasteiger partial charge in [-0.25, -0.2) is 8.42 Å². The molecular weight excluding hydrogens is 260 g/mol. The molecular formula is C15H22O3S. The van der Waals surface area contributed by atoms with Crippen LogP contribution in [0.5, 0.6) is 0 Å². The third kappa shape index (κ3) is 5.15. The minimum absolute atomic E-state index is 0.0154. The Balaban J connectivity index is 2.55. The Labute approximate surface area is 116 Å². The number of hydrogen-bond donors (Lipinski definition) is 0. The van der Waals surface area contributed by atoms with Crippen LogP contribution in [0.1, 0.15) is 55.5 Å². The summed E-state index contributed by atoms with van der Waals surface area (Å²) in [4.78, 5) is 11.9. The molecule has 0 aliphatic rings. The zero-order valence-electron chi connectivity index (χ0n) is 11.8. The molecule has 4 heteroatoms. The highest BCUT2D eigenvalue weighted by Gasteiger charge is 2.11. The van der Waals surface area contributed by atoms with Crippen molar-refractivity contribution in [1.29, 1.82) is 0 Å². The molecule has 0 aliphatic heterocycles. The van der Waals surface area contributed by atoms with Gasteiger partial charge in [-0.05, 0) is 17.9 Å². The van der Waals surface area contributed by atoms with Crippen LogP contribution in [0.4, 0.5) is 0 Å². The topological polar surface area (TPSA) is 51.2 Å². The van der Waals surface area contributed by atoms with Gasteiger partial charge in [0.2, 0.25) is 0 Å². The first-order chi connectivity index (χ1) is 8.85. The molecule has 0 N–H and O–H groups in total. The highest BCUT2D eigenvalue weighted by atomic mass is 32.2. The molecule has 0 amide bonds. The van der Waals surface area contributed by atoms with Gasteiger partial charge in [-0.2, -0.15) is 0 Å². The number of hydrogen-bond acceptors (Lipinski definition) is 3. The summed E-state index contributed by atoms with van der Waals surface area (Å²) in [5, 5.41) is 0. The molecule has 0 aliphatic carbocycles. The first kappa shape index (κ1) is 15.9. The van der Waals surface area contributed by atoms with Gasteiger partial charge in [0.1, 0.15) is 9.84 Å². The SMILES string of the molecule is CCS(=O)(=O)CCCC(=O)c1ccc(C(C)C)cc1. The Hall–Kier alpha value is -1.16. The van der Waals surface area contributed by atoms with Gasteiger partial charge >= 0.3 is 0 Å². The predicted octanol–water partition coefficient (Wildman–Crippen LogP) is 3.21. The van der Waals surface area contributed by atoms with Gasteiger partial charge in [0.15, 0.2) is 5.78 Å². The molecule has 0 saturated carbocycles. The van der Waals surface area contributed by atoms with Crippen LogP contribution < -0.4 is 0 Å². The van der Waals surface area contributed by atoms with Gasteiger partial charge in [-0.3, -0.25) is 4.79 Å². The van der Waals surface area contributed by atoms with E-state index < -0.39 is 9.84 Å². The van der Waals surface area contributed by atoms with Gasteiger partial charge in [0, 0.05) is 17.7 Å². The van der Waals surface area contributed by atoms with E-state index in [1.165, 1.54) is 5.56 Å². The molecule has 0 radical (unpaired) electrons. The lowest BCUT2D eigenvalue weighted by molar-refractivity contribution is 0.0982. The summed E-state index contributed by atoms with van der Waals surface area (Å²) in [6.45, 7) is 5.83. The monoisotopic (exact) mass is 282 g/mol. The van der Waals surface area contributed by atoms with Crippen LogP contribution in [0.3, 0.4) is 0 Å². The maximum atomic E-state index is 11.9. The number of sulfone groups is 1. The minimum Gasteiger partial charge on any atom is -0.294 e. The molecule has 1 aromatic rings. The standard InChI is InChI=1S/C15H22O3S/c1-4-19(17,18)11-5-6-15(16)14-9-7-13(8-10-14)12(2)3/h7-10,12H,4-6,11H2,1-3H3. The Morgan fingerprint density at radius 1 is 1.16 bits per heavy atom. The van der Waals surface area contributed by atoms with Crippen LogP contribution in [0.25, 0.3) is 0 Å². The van der Waals surface area contributed by atoms with E-state index in [0.717, 1.165) is 0 Å². The van der Waals surface area contributed by atoms with Crippen molar-refractivity contribution in [2.45, 2.75) is 39.5 Å². The van der Waals surface area contributed by atoms with E-state index >= 15 is 0 Å². The molecule has 3 nitrogen and oxygen atoms in total. The van der Waals surface area contributed by atoms with E-state index in [0.29, 0.717) is 24.3 Å². The fourth-order valence-corrected chi connectivity index (χ4v) is 2.67. The minimum atomic E-state index is -2.97. The van der Waals surface area contributed by atoms with Crippen molar-refractivity contribution < 1.29 is 13.2 Å². The Bertz CT molecular complexity index is 513. The molecule has 0 spiro atoms. The smallest absolute Gasteiger partial charge is 0.162 e. The predicted molar refractivity (Wildman–Crippen MR) is 78.4 cm³/mol. The second kappa shape index (κ2) is 6.85. The fraction of sp³-hybridized carbons (Fsp3) is 0.533. The second-order valence-electron chi connectivity index (χ2n) is 5.04. The number of benzene rings is 1. The highest BCUT2D eigenvalue weighted by molar-refractivity contribution is 7.91. The van der Waals surface area contributed by atoms with E-state index in [1.807, 2.05) is 24.3 Å². The summed E-state index contributed by atoms with van der Waals surface area (Å²) in [5.41, 5.74) is 1.86. The van der Waals surface area contributed by atoms with E-state index in [2.05, 4.69) is 13.8 Å². The fourth-order valence-electron chi connectivity index (χ4n) is 1.80. The van der Waals surface area contributed by atoms with Crippen LogP contribution in [0, 0.1) is 0 Å². The average Bonchev–Trinajstić information content (AvgIpc) is 2.38. The summed E-state index contributed by atoms with van der Waals surface area (Å²) in [5.74, 6) is 0.698. The van der Waals surface area contributed by atoms with Crippen molar-refractivity contribution in [2.75, 3.05) is 11.5 Å². The van der Waals surface area contributed by atoms with E-state index in [-0.39, 0.29) is 17.3 Å². The molecule has 19 heavy (non-hydrogen) atoms. The van der Waals surface area contributed by atoms with Crippen LogP contribution in [-0.4, -0.2) is 25.7 Å². The Kier molecular flexibility index (Phi) is 5.73. The normalized spacial score (nSPS) is 11.8. The quantitative estimate of drug-likeness (QED) is 0.722. The summed E-state index contributed by atoms with van der Waals surface area (Å²) >= 11 is 0. The lowest BCUT2D eigenvalue weighted by Crippen LogP contribution is -2.10. The third-order valence-electron chi connectivity index (χ3n) is 3.20. The first-order valence-electron chi connectivity index (χ1n) is 6.69. The Morgan fingerprint density at radius 3 is 2.21 bits per heavy atom. The molecule has 106 valence electrons. The zero-order chi connectivity index (χ0) is 14.5. The summed E-state index contributed by atoms with van der Waals surface area (Å²) < 4.78 is 22.7. The zero-order valence-corrected chi connectivity index (χ0v) is 12.7. The molecule has 0 bridgehead atoms. The van der Waals surface area contributed by atoms with Crippen molar-refractivity contribution >= 4 is 15.6 Å². The summed E-state index contributed by atoms with van der Waals surface area (Å²) in [6, 6.07) is 7.57. The second-order valence-corrected chi connectivity index (χ2v) is 7.51. The van der Waals surface area contributed by atoms with Gasteiger partial charge in [0.25, 0.3) is 0 Å². The Morgan fingerprint density at radius 2 is 1.74 bits per heavy atom. The van der Waals surface area contributed by atoms with E-state index in [9.17, 15) is 13.2 Å². The van der Waals surface area contributed by atoms with Crippen LogP contribution in [0.15, 0.2) is 24.3 Å². The van der Waals surface area contributed by atoms with Gasteiger partial charge in [-0.15, -0.1) is 0 Å². The number of rotatable bonds is 7. The van der Waals surface area contributed by atoms with Crippen molar-refractivity contribution in [1.82, 2.24) is 0 Å². The summed E-state index contributed by atoms with van der Waals surface area (Å²) in [7, 11) is -2.97. The van der Waals surface area contributed by atoms with Crippen LogP contribution >= 0.6 is 0 Å². The van der Waals surface area contributed by atoms with E-state index in [1.54, 1.807) is 6.92 Å². The number of carbonyl (C=O) groups is 1. The van der Waals surface area contributed by atoms with Gasteiger partial charge in [-0.1, -0.05) is 45.0 Å². The molecule has 1 rings (SSSR count). The van der Waals surface area contributed by atoms with E-state index in [4.69, 9.17) is 0 Å². The molecule has 0 unspecified atom stereocenters. The van der Waals surface area contributed by atoms with Crippen LogP contribution in [-0.2, 0) is 9.84 Å². The largest absolute Gasteiger partial charge is 0.294 e. The van der Waals surface area contributed by atoms with Gasteiger partial charge in [0.05, 0.1) is 5.75 Å². The highest BCUT2D eigenvalue weighted by Crippen LogP contribution is 2.16. The first-order valence-corrected chi connectivity index (χ1v) is 8.51. The lowest BCUT2D eigenvalue weighted by atomic mass is 9.99. The lowest BCUT2D eigenvalue weighted by Gasteiger charge is -2.06. The molecule has 0 aromatic heterocycles. The summed E-state index contributed by atoms with van der Waals surface area (Å²) in [6.07, 6.45) is 0.696. The molecule has 0 saturated heterocycles. The van der Waals surface area contributed by atoms with Crippen molar-refractivity contribution in [2.24, 2.45) is 0 Å². The van der Waals surface area contributed by atoms with Gasteiger partial charge < -0.3 is 0 Å². The van der Waals surface area contributed by atoms with Crippen molar-refractivity contribution in [3.8, 4) is 0 Å². The maximum absolute atomic E-state index is 11.9. The third-order valence-corrected chi connectivity index (χ3v) is 4.99. The molecule has 0 atom stereocenters. The molecule has 1 aromatic carbocycles. The molecule has 0 heterocycles. The number of Topliss-reactive ketones (excluding diaryl/α,β-unsaturated/α-hetero) is 1. The molecule has 0 fully saturated rings. The maximum Gasteiger partial charge on any atom is 0.162 e. The van der Waals surface area contributed by atoms with Crippen molar-refractivity contribution in [3.05, 3.63) is 35.4 Å². The number of carbonyl (C=O) groups excluding carboxylic acids is 1.